The minimum absolute atomic E-state index is 0.0134. The van der Waals surface area contributed by atoms with Crippen molar-refractivity contribution < 1.29 is 12.8 Å². The third-order valence-corrected chi connectivity index (χ3v) is 4.50. The maximum Gasteiger partial charge on any atom is 0.281 e. The molecule has 1 aromatic heterocycles. The zero-order chi connectivity index (χ0) is 14.9. The quantitative estimate of drug-likeness (QED) is 0.772. The molecule has 9 heteroatoms. The molecule has 108 valence electrons. The zero-order valence-electron chi connectivity index (χ0n) is 10.4. The fourth-order valence-corrected chi connectivity index (χ4v) is 3.29. The number of hydrogen-bond acceptors (Lipinski definition) is 4. The van der Waals surface area contributed by atoms with Gasteiger partial charge in [-0.1, -0.05) is 15.9 Å². The molecule has 1 aromatic carbocycles. The standard InChI is InChI=1S/C11H12BrFN4O2S/c1-6-8(5-14)11(16-15-6)20(18,19)17-10-4-7(12)2-3-9(10)13/h2-4,17H,5,14H2,1H3,(H,15,16). The highest BCUT2D eigenvalue weighted by Crippen LogP contribution is 2.24. The number of aromatic amines is 1. The van der Waals surface area contributed by atoms with Gasteiger partial charge in [0.1, 0.15) is 5.82 Å². The first-order valence-electron chi connectivity index (χ1n) is 5.57. The van der Waals surface area contributed by atoms with E-state index in [0.717, 1.165) is 6.07 Å². The largest absolute Gasteiger partial charge is 0.326 e. The Morgan fingerprint density at radius 2 is 2.20 bits per heavy atom. The summed E-state index contributed by atoms with van der Waals surface area (Å²) in [6.45, 7) is 1.67. The molecule has 1 heterocycles. The molecule has 0 aliphatic heterocycles. The number of sulfonamides is 1. The van der Waals surface area contributed by atoms with Crippen molar-refractivity contribution in [2.24, 2.45) is 5.73 Å². The highest BCUT2D eigenvalue weighted by molar-refractivity contribution is 9.10. The Morgan fingerprint density at radius 3 is 2.85 bits per heavy atom. The Kier molecular flexibility index (Phi) is 4.11. The van der Waals surface area contributed by atoms with Crippen LogP contribution < -0.4 is 10.5 Å². The first kappa shape index (κ1) is 14.9. The number of halogens is 2. The summed E-state index contributed by atoms with van der Waals surface area (Å²) in [6, 6.07) is 3.95. The minimum Gasteiger partial charge on any atom is -0.326 e. The van der Waals surface area contributed by atoms with Crippen molar-refractivity contribution in [2.75, 3.05) is 4.72 Å². The Balaban J connectivity index is 2.43. The lowest BCUT2D eigenvalue weighted by atomic mass is 10.3. The number of benzene rings is 1. The topological polar surface area (TPSA) is 101 Å². The molecule has 0 saturated heterocycles. The van der Waals surface area contributed by atoms with Gasteiger partial charge in [-0.3, -0.25) is 9.82 Å². The van der Waals surface area contributed by atoms with Crippen molar-refractivity contribution in [3.8, 4) is 0 Å². The number of nitrogens with one attached hydrogen (secondary N) is 2. The van der Waals surface area contributed by atoms with Gasteiger partial charge >= 0.3 is 0 Å². The van der Waals surface area contributed by atoms with Crippen LogP contribution in [0.1, 0.15) is 11.3 Å². The molecule has 6 nitrogen and oxygen atoms in total. The van der Waals surface area contributed by atoms with E-state index in [1.807, 2.05) is 0 Å². The lowest BCUT2D eigenvalue weighted by Gasteiger charge is -2.08. The molecule has 2 aromatic rings. The molecule has 0 bridgehead atoms. The molecular weight excluding hydrogens is 351 g/mol. The number of aromatic nitrogens is 2. The first-order valence-corrected chi connectivity index (χ1v) is 7.84. The summed E-state index contributed by atoms with van der Waals surface area (Å²) in [5.74, 6) is -0.682. The van der Waals surface area contributed by atoms with Crippen LogP contribution in [0.3, 0.4) is 0 Å². The van der Waals surface area contributed by atoms with Crippen LogP contribution in [-0.2, 0) is 16.6 Å². The summed E-state index contributed by atoms with van der Waals surface area (Å²) in [5, 5.41) is 6.05. The van der Waals surface area contributed by atoms with E-state index in [0.29, 0.717) is 15.7 Å². The van der Waals surface area contributed by atoms with Crippen LogP contribution >= 0.6 is 15.9 Å². The second kappa shape index (κ2) is 5.51. The molecule has 2 rings (SSSR count). The summed E-state index contributed by atoms with van der Waals surface area (Å²) >= 11 is 3.15. The number of nitrogens with two attached hydrogens (primary N) is 1. The van der Waals surface area contributed by atoms with E-state index in [2.05, 4.69) is 30.8 Å². The van der Waals surface area contributed by atoms with Crippen LogP contribution in [0.4, 0.5) is 10.1 Å². The zero-order valence-corrected chi connectivity index (χ0v) is 12.8. The number of H-pyrrole nitrogens is 1. The summed E-state index contributed by atoms with van der Waals surface area (Å²) in [7, 11) is -4.01. The lowest BCUT2D eigenvalue weighted by molar-refractivity contribution is 0.593. The van der Waals surface area contributed by atoms with Gasteiger partial charge in [-0.15, -0.1) is 0 Å². The second-order valence-electron chi connectivity index (χ2n) is 4.07. The minimum atomic E-state index is -4.01. The molecule has 0 aliphatic rings. The van der Waals surface area contributed by atoms with Gasteiger partial charge in [0.2, 0.25) is 5.03 Å². The van der Waals surface area contributed by atoms with E-state index in [-0.39, 0.29) is 17.3 Å². The van der Waals surface area contributed by atoms with Crippen molar-refractivity contribution in [2.45, 2.75) is 18.5 Å². The smallest absolute Gasteiger partial charge is 0.281 e. The van der Waals surface area contributed by atoms with E-state index in [9.17, 15) is 12.8 Å². The second-order valence-corrected chi connectivity index (χ2v) is 6.58. The van der Waals surface area contributed by atoms with Crippen LogP contribution in [0, 0.1) is 12.7 Å². The molecule has 0 unspecified atom stereocenters. The Morgan fingerprint density at radius 1 is 1.50 bits per heavy atom. The van der Waals surface area contributed by atoms with Crippen molar-refractivity contribution in [3.63, 3.8) is 0 Å². The van der Waals surface area contributed by atoms with Gasteiger partial charge in [-0.25, -0.2) is 4.39 Å². The van der Waals surface area contributed by atoms with E-state index in [4.69, 9.17) is 5.73 Å². The summed E-state index contributed by atoms with van der Waals surface area (Å²) in [5.41, 5.74) is 6.27. The third kappa shape index (κ3) is 2.84. The van der Waals surface area contributed by atoms with Gasteiger partial charge in [0.05, 0.1) is 5.69 Å². The number of anilines is 1. The van der Waals surface area contributed by atoms with Gasteiger partial charge < -0.3 is 5.73 Å². The fraction of sp³-hybridized carbons (Fsp3) is 0.182. The molecule has 0 amide bonds. The number of aryl methyl sites for hydroxylation is 1. The summed E-state index contributed by atoms with van der Waals surface area (Å²) in [6.07, 6.45) is 0. The normalized spacial score (nSPS) is 11.6. The monoisotopic (exact) mass is 362 g/mol. The molecule has 0 saturated carbocycles. The van der Waals surface area contributed by atoms with Gasteiger partial charge in [0.25, 0.3) is 10.0 Å². The third-order valence-electron chi connectivity index (χ3n) is 2.67. The van der Waals surface area contributed by atoms with Crippen molar-refractivity contribution in [3.05, 3.63) is 39.7 Å². The van der Waals surface area contributed by atoms with Crippen LogP contribution in [0.25, 0.3) is 0 Å². The molecule has 0 atom stereocenters. The Labute approximate surface area is 123 Å². The number of hydrogen-bond donors (Lipinski definition) is 3. The SMILES string of the molecule is Cc1[nH]nc(S(=O)(=O)Nc2cc(Br)ccc2F)c1CN. The van der Waals surface area contributed by atoms with Gasteiger partial charge in [-0.2, -0.15) is 13.5 Å². The lowest BCUT2D eigenvalue weighted by Crippen LogP contribution is -2.17. The Hall–Kier alpha value is -1.45. The fourth-order valence-electron chi connectivity index (χ4n) is 1.66. The Bertz CT molecular complexity index is 745. The van der Waals surface area contributed by atoms with Crippen LogP contribution in [0.15, 0.2) is 27.7 Å². The maximum absolute atomic E-state index is 13.6. The van der Waals surface area contributed by atoms with Crippen molar-refractivity contribution >= 4 is 31.6 Å². The van der Waals surface area contributed by atoms with E-state index in [1.54, 1.807) is 6.92 Å². The molecule has 4 N–H and O–H groups in total. The highest BCUT2D eigenvalue weighted by Gasteiger charge is 2.24. The van der Waals surface area contributed by atoms with Gasteiger partial charge in [0, 0.05) is 22.3 Å². The van der Waals surface area contributed by atoms with Crippen LogP contribution in [0.2, 0.25) is 0 Å². The summed E-state index contributed by atoms with van der Waals surface area (Å²) < 4.78 is 40.8. The molecular formula is C11H12BrFN4O2S. The van der Waals surface area contributed by atoms with Gasteiger partial charge in [0.15, 0.2) is 0 Å². The van der Waals surface area contributed by atoms with Crippen LogP contribution in [-0.4, -0.2) is 18.6 Å². The van der Waals surface area contributed by atoms with Crippen LogP contribution in [0.5, 0.6) is 0 Å². The number of nitrogens with zero attached hydrogens (tertiary/aromatic N) is 1. The van der Waals surface area contributed by atoms with E-state index < -0.39 is 15.8 Å². The van der Waals surface area contributed by atoms with E-state index >= 15 is 0 Å². The molecule has 0 aliphatic carbocycles. The summed E-state index contributed by atoms with van der Waals surface area (Å²) in [4.78, 5) is 0. The number of rotatable bonds is 4. The van der Waals surface area contributed by atoms with Crippen molar-refractivity contribution in [1.29, 1.82) is 0 Å². The molecule has 0 fully saturated rings. The average Bonchev–Trinajstić information content (AvgIpc) is 2.75. The maximum atomic E-state index is 13.6. The molecule has 0 spiro atoms. The predicted molar refractivity (Wildman–Crippen MR) is 76.1 cm³/mol. The van der Waals surface area contributed by atoms with Gasteiger partial charge in [-0.05, 0) is 25.1 Å². The van der Waals surface area contributed by atoms with Crippen molar-refractivity contribution in [1.82, 2.24) is 10.2 Å². The highest BCUT2D eigenvalue weighted by atomic mass is 79.9. The van der Waals surface area contributed by atoms with E-state index in [1.165, 1.54) is 12.1 Å². The molecule has 0 radical (unpaired) electrons. The predicted octanol–water partition coefficient (Wildman–Crippen LogP) is 1.88. The molecule has 20 heavy (non-hydrogen) atoms. The first-order chi connectivity index (χ1) is 9.35. The average molecular weight is 363 g/mol.